The summed E-state index contributed by atoms with van der Waals surface area (Å²) < 4.78 is 4.94. The summed E-state index contributed by atoms with van der Waals surface area (Å²) in [7, 11) is 1.37. The van der Waals surface area contributed by atoms with Gasteiger partial charge in [-0.15, -0.1) is 0 Å². The molecule has 0 aliphatic carbocycles. The number of quaternary nitrogens is 1. The van der Waals surface area contributed by atoms with Gasteiger partial charge in [0.15, 0.2) is 12.6 Å². The smallest absolute Gasteiger partial charge is 0.365 e. The van der Waals surface area contributed by atoms with Gasteiger partial charge in [-0.25, -0.2) is 4.79 Å². The van der Waals surface area contributed by atoms with Crippen LogP contribution in [0.5, 0.6) is 0 Å². The van der Waals surface area contributed by atoms with E-state index in [2.05, 4.69) is 5.32 Å². The van der Waals surface area contributed by atoms with Gasteiger partial charge in [-0.3, -0.25) is 4.79 Å². The molecule has 2 aromatic carbocycles. The first-order valence-corrected chi connectivity index (χ1v) is 8.40. The molecule has 3 rings (SSSR count). The van der Waals surface area contributed by atoms with E-state index in [9.17, 15) is 9.59 Å². The first kappa shape index (κ1) is 17.6. The zero-order valence-corrected chi connectivity index (χ0v) is 14.5. The van der Waals surface area contributed by atoms with Crippen LogP contribution < -0.4 is 10.2 Å². The number of nitrogens with one attached hydrogen (secondary N) is 2. The minimum absolute atomic E-state index is 0.144. The SMILES string of the molecule is COC(=O)[C@H]1Cc2ccccc2C[NH+]1CC(=O)Nc1cccc(C#N)c1. The number of carbonyl (C=O) groups excluding carboxylic acids is 2. The van der Waals surface area contributed by atoms with Crippen molar-refractivity contribution >= 4 is 17.6 Å². The molecule has 6 nitrogen and oxygen atoms in total. The van der Waals surface area contributed by atoms with Gasteiger partial charge in [0.25, 0.3) is 5.91 Å². The number of hydrogen-bond acceptors (Lipinski definition) is 4. The lowest BCUT2D eigenvalue weighted by molar-refractivity contribution is -0.924. The van der Waals surface area contributed by atoms with Gasteiger partial charge in [0.05, 0.1) is 18.7 Å². The molecular formula is C20H20N3O3+. The largest absolute Gasteiger partial charge is 0.465 e. The van der Waals surface area contributed by atoms with Crippen LogP contribution in [-0.2, 0) is 27.3 Å². The molecule has 1 amide bonds. The number of benzene rings is 2. The molecule has 0 bridgehead atoms. The Bertz CT molecular complexity index is 873. The molecule has 0 spiro atoms. The molecule has 0 saturated carbocycles. The van der Waals surface area contributed by atoms with Crippen LogP contribution in [-0.4, -0.2) is 31.6 Å². The average Bonchev–Trinajstić information content (AvgIpc) is 2.66. The summed E-state index contributed by atoms with van der Waals surface area (Å²) in [5.74, 6) is -0.517. The average molecular weight is 350 g/mol. The fourth-order valence-electron chi connectivity index (χ4n) is 3.32. The van der Waals surface area contributed by atoms with Crippen molar-refractivity contribution in [1.29, 1.82) is 5.26 Å². The van der Waals surface area contributed by atoms with Crippen molar-refractivity contribution in [2.45, 2.75) is 19.0 Å². The number of ether oxygens (including phenoxy) is 1. The third-order valence-electron chi connectivity index (χ3n) is 4.60. The van der Waals surface area contributed by atoms with Crippen molar-refractivity contribution in [2.75, 3.05) is 19.0 Å². The molecule has 1 heterocycles. The van der Waals surface area contributed by atoms with Crippen LogP contribution in [0.25, 0.3) is 0 Å². The fourth-order valence-corrected chi connectivity index (χ4v) is 3.32. The summed E-state index contributed by atoms with van der Waals surface area (Å²) in [5.41, 5.74) is 3.31. The molecule has 0 saturated heterocycles. The molecule has 26 heavy (non-hydrogen) atoms. The first-order valence-electron chi connectivity index (χ1n) is 8.40. The lowest BCUT2D eigenvalue weighted by atomic mass is 9.94. The van der Waals surface area contributed by atoms with Gasteiger partial charge in [-0.1, -0.05) is 30.3 Å². The predicted octanol–water partition coefficient (Wildman–Crippen LogP) is 0.680. The number of methoxy groups -OCH3 is 1. The number of anilines is 1. The van der Waals surface area contributed by atoms with E-state index in [1.165, 1.54) is 7.11 Å². The fraction of sp³-hybridized carbons (Fsp3) is 0.250. The summed E-state index contributed by atoms with van der Waals surface area (Å²) >= 11 is 0. The molecule has 1 aliphatic rings. The number of hydrogen-bond donors (Lipinski definition) is 2. The van der Waals surface area contributed by atoms with Crippen LogP contribution in [0.1, 0.15) is 16.7 Å². The molecular weight excluding hydrogens is 330 g/mol. The molecule has 1 aliphatic heterocycles. The van der Waals surface area contributed by atoms with E-state index in [0.29, 0.717) is 24.2 Å². The zero-order valence-electron chi connectivity index (χ0n) is 14.5. The first-order chi connectivity index (χ1) is 12.6. The van der Waals surface area contributed by atoms with E-state index in [0.717, 1.165) is 16.0 Å². The van der Waals surface area contributed by atoms with Crippen molar-refractivity contribution < 1.29 is 19.2 Å². The van der Waals surface area contributed by atoms with Gasteiger partial charge < -0.3 is 15.0 Å². The number of esters is 1. The maximum Gasteiger partial charge on any atom is 0.365 e. The zero-order chi connectivity index (χ0) is 18.5. The Labute approximate surface area is 152 Å². The quantitative estimate of drug-likeness (QED) is 0.795. The Morgan fingerprint density at radius 2 is 2.00 bits per heavy atom. The van der Waals surface area contributed by atoms with E-state index in [-0.39, 0.29) is 18.4 Å². The summed E-state index contributed by atoms with van der Waals surface area (Å²) in [6, 6.07) is 16.3. The number of fused-ring (bicyclic) bond motifs is 1. The van der Waals surface area contributed by atoms with Gasteiger partial charge in [0, 0.05) is 17.7 Å². The molecule has 2 aromatic rings. The third-order valence-corrected chi connectivity index (χ3v) is 4.60. The highest BCUT2D eigenvalue weighted by atomic mass is 16.5. The molecule has 0 aromatic heterocycles. The lowest BCUT2D eigenvalue weighted by Gasteiger charge is -2.31. The highest BCUT2D eigenvalue weighted by Gasteiger charge is 2.37. The van der Waals surface area contributed by atoms with Crippen LogP contribution in [0.3, 0.4) is 0 Å². The molecule has 1 unspecified atom stereocenters. The van der Waals surface area contributed by atoms with Gasteiger partial charge in [-0.05, 0) is 23.8 Å². The number of rotatable bonds is 4. The number of nitriles is 1. The highest BCUT2D eigenvalue weighted by Crippen LogP contribution is 2.14. The Morgan fingerprint density at radius 3 is 2.73 bits per heavy atom. The maximum absolute atomic E-state index is 12.5. The molecule has 2 N–H and O–H groups in total. The van der Waals surface area contributed by atoms with Crippen LogP contribution >= 0.6 is 0 Å². The summed E-state index contributed by atoms with van der Waals surface area (Å²) in [5, 5.41) is 11.8. The summed E-state index contributed by atoms with van der Waals surface area (Å²) in [6.45, 7) is 0.729. The topological polar surface area (TPSA) is 83.6 Å². The van der Waals surface area contributed by atoms with Gasteiger partial charge >= 0.3 is 5.97 Å². The standard InChI is InChI=1S/C20H19N3O3/c1-26-20(25)18-10-15-6-2-3-7-16(15)12-23(18)13-19(24)22-17-8-4-5-14(9-17)11-21/h2-9,18H,10,12-13H2,1H3,(H,22,24)/p+1/t18-/m1/s1. The highest BCUT2D eigenvalue weighted by molar-refractivity contribution is 5.91. The summed E-state index contributed by atoms with van der Waals surface area (Å²) in [4.78, 5) is 25.5. The number of carbonyl (C=O) groups is 2. The molecule has 6 heteroatoms. The minimum atomic E-state index is -0.411. The van der Waals surface area contributed by atoms with Crippen molar-refractivity contribution in [3.63, 3.8) is 0 Å². The third kappa shape index (κ3) is 3.90. The van der Waals surface area contributed by atoms with E-state index in [1.54, 1.807) is 24.3 Å². The van der Waals surface area contributed by atoms with Crippen molar-refractivity contribution in [3.8, 4) is 6.07 Å². The van der Waals surface area contributed by atoms with Crippen molar-refractivity contribution in [2.24, 2.45) is 0 Å². The van der Waals surface area contributed by atoms with Gasteiger partial charge in [0.1, 0.15) is 6.54 Å². The number of nitrogens with zero attached hydrogens (tertiary/aromatic N) is 1. The van der Waals surface area contributed by atoms with E-state index in [4.69, 9.17) is 10.00 Å². The van der Waals surface area contributed by atoms with E-state index < -0.39 is 6.04 Å². The Kier molecular flexibility index (Phi) is 5.30. The van der Waals surface area contributed by atoms with Crippen molar-refractivity contribution in [1.82, 2.24) is 0 Å². The maximum atomic E-state index is 12.5. The van der Waals surface area contributed by atoms with E-state index in [1.807, 2.05) is 30.3 Å². The Morgan fingerprint density at radius 1 is 1.23 bits per heavy atom. The molecule has 0 fully saturated rings. The number of amides is 1. The lowest BCUT2D eigenvalue weighted by Crippen LogP contribution is -3.17. The monoisotopic (exact) mass is 350 g/mol. The molecule has 132 valence electrons. The van der Waals surface area contributed by atoms with Gasteiger partial charge in [0.2, 0.25) is 0 Å². The molecule has 2 atom stereocenters. The second-order valence-electron chi connectivity index (χ2n) is 6.30. The van der Waals surface area contributed by atoms with Gasteiger partial charge in [-0.2, -0.15) is 5.26 Å². The van der Waals surface area contributed by atoms with Crippen LogP contribution in [0.15, 0.2) is 48.5 Å². The van der Waals surface area contributed by atoms with Crippen LogP contribution in [0, 0.1) is 11.3 Å². The normalized spacial score (nSPS) is 18.3. The Hall–Kier alpha value is -3.17. The minimum Gasteiger partial charge on any atom is -0.465 e. The van der Waals surface area contributed by atoms with Crippen LogP contribution in [0.4, 0.5) is 5.69 Å². The molecule has 0 radical (unpaired) electrons. The van der Waals surface area contributed by atoms with E-state index >= 15 is 0 Å². The Balaban J connectivity index is 1.74. The second-order valence-corrected chi connectivity index (χ2v) is 6.30. The van der Waals surface area contributed by atoms with Crippen molar-refractivity contribution in [3.05, 3.63) is 65.2 Å². The second kappa shape index (κ2) is 7.81. The van der Waals surface area contributed by atoms with Crippen LogP contribution in [0.2, 0.25) is 0 Å². The predicted molar refractivity (Wildman–Crippen MR) is 95.3 cm³/mol. The summed E-state index contributed by atoms with van der Waals surface area (Å²) in [6.07, 6.45) is 0.551.